The molecule has 1 fully saturated rings. The molecular weight excluding hydrogens is 294 g/mol. The number of ether oxygens (including phenoxy) is 1. The van der Waals surface area contributed by atoms with Crippen LogP contribution in [0.2, 0.25) is 0 Å². The van der Waals surface area contributed by atoms with Crippen LogP contribution in [0.15, 0.2) is 24.3 Å². The van der Waals surface area contributed by atoms with Gasteiger partial charge in [0.15, 0.2) is 9.84 Å². The first-order chi connectivity index (χ1) is 9.87. The van der Waals surface area contributed by atoms with Crippen LogP contribution in [-0.2, 0) is 9.84 Å². The van der Waals surface area contributed by atoms with E-state index in [4.69, 9.17) is 9.84 Å². The van der Waals surface area contributed by atoms with Crippen LogP contribution in [0.5, 0.6) is 5.75 Å². The zero-order valence-corrected chi connectivity index (χ0v) is 12.7. The van der Waals surface area contributed by atoms with E-state index < -0.39 is 15.8 Å². The Morgan fingerprint density at radius 2 is 2.05 bits per heavy atom. The number of sulfone groups is 1. The van der Waals surface area contributed by atoms with Crippen molar-refractivity contribution in [1.82, 2.24) is 4.90 Å². The Morgan fingerprint density at radius 1 is 1.38 bits per heavy atom. The lowest BCUT2D eigenvalue weighted by Gasteiger charge is -2.22. The van der Waals surface area contributed by atoms with Gasteiger partial charge in [-0.15, -0.1) is 0 Å². The summed E-state index contributed by atoms with van der Waals surface area (Å²) in [6.07, 6.45) is 0.673. The molecule has 0 spiro atoms. The van der Waals surface area contributed by atoms with E-state index >= 15 is 0 Å². The van der Waals surface area contributed by atoms with E-state index in [0.29, 0.717) is 25.3 Å². The number of hydrogen-bond acceptors (Lipinski definition) is 5. The van der Waals surface area contributed by atoms with Gasteiger partial charge < -0.3 is 9.84 Å². The molecule has 1 aromatic carbocycles. The van der Waals surface area contributed by atoms with Crippen molar-refractivity contribution in [3.63, 3.8) is 0 Å². The summed E-state index contributed by atoms with van der Waals surface area (Å²) < 4.78 is 28.4. The average Bonchev–Trinajstić information content (AvgIpc) is 2.79. The molecule has 1 unspecified atom stereocenters. The monoisotopic (exact) mass is 313 g/mol. The Morgan fingerprint density at radius 3 is 2.57 bits per heavy atom. The minimum absolute atomic E-state index is 0.0630. The fraction of sp³-hybridized carbons (Fsp3) is 0.500. The Kier molecular flexibility index (Phi) is 4.84. The van der Waals surface area contributed by atoms with Crippen molar-refractivity contribution in [3.05, 3.63) is 29.8 Å². The molecule has 116 valence electrons. The van der Waals surface area contributed by atoms with Gasteiger partial charge >= 0.3 is 5.97 Å². The molecule has 1 N–H and O–H groups in total. The lowest BCUT2D eigenvalue weighted by Crippen LogP contribution is -2.35. The number of nitrogens with zero attached hydrogens (tertiary/aromatic N) is 1. The minimum atomic E-state index is -2.87. The van der Waals surface area contributed by atoms with Crippen LogP contribution in [0.25, 0.3) is 0 Å². The normalized spacial score (nSPS) is 20.6. The van der Waals surface area contributed by atoms with Crippen LogP contribution in [-0.4, -0.2) is 62.1 Å². The van der Waals surface area contributed by atoms with Gasteiger partial charge in [0, 0.05) is 12.6 Å². The van der Waals surface area contributed by atoms with Crippen LogP contribution < -0.4 is 4.74 Å². The largest absolute Gasteiger partial charge is 0.492 e. The van der Waals surface area contributed by atoms with E-state index in [1.165, 1.54) is 12.1 Å². The highest BCUT2D eigenvalue weighted by Gasteiger charge is 2.30. The third-order valence-electron chi connectivity index (χ3n) is 3.65. The SMILES string of the molecule is CN(CCOc1ccc(C(=O)O)cc1)C1CCS(=O)(=O)C1. The smallest absolute Gasteiger partial charge is 0.335 e. The zero-order valence-electron chi connectivity index (χ0n) is 11.9. The van der Waals surface area contributed by atoms with Gasteiger partial charge in [0.1, 0.15) is 12.4 Å². The molecule has 1 aliphatic heterocycles. The maximum absolute atomic E-state index is 11.4. The summed E-state index contributed by atoms with van der Waals surface area (Å²) >= 11 is 0. The predicted octanol–water partition coefficient (Wildman–Crippen LogP) is 0.883. The molecule has 1 aliphatic rings. The molecule has 2 rings (SSSR count). The first-order valence-corrected chi connectivity index (χ1v) is 8.56. The van der Waals surface area contributed by atoms with E-state index in [9.17, 15) is 13.2 Å². The molecule has 1 atom stereocenters. The average molecular weight is 313 g/mol. The van der Waals surface area contributed by atoms with E-state index in [1.54, 1.807) is 12.1 Å². The van der Waals surface area contributed by atoms with Gasteiger partial charge in [0.05, 0.1) is 17.1 Å². The number of carboxylic acids is 1. The van der Waals surface area contributed by atoms with Gasteiger partial charge in [-0.25, -0.2) is 13.2 Å². The Hall–Kier alpha value is -1.60. The van der Waals surface area contributed by atoms with E-state index in [1.807, 2.05) is 11.9 Å². The number of rotatable bonds is 6. The first-order valence-electron chi connectivity index (χ1n) is 6.74. The second-order valence-corrected chi connectivity index (χ2v) is 7.44. The molecular formula is C14H19NO5S. The van der Waals surface area contributed by atoms with Crippen LogP contribution in [0.1, 0.15) is 16.8 Å². The molecule has 7 heteroatoms. The lowest BCUT2D eigenvalue weighted by atomic mass is 10.2. The first kappa shape index (κ1) is 15.8. The van der Waals surface area contributed by atoms with E-state index in [0.717, 1.165) is 0 Å². The number of carbonyl (C=O) groups is 1. The lowest BCUT2D eigenvalue weighted by molar-refractivity contribution is 0.0697. The summed E-state index contributed by atoms with van der Waals surface area (Å²) in [5.41, 5.74) is 0.218. The minimum Gasteiger partial charge on any atom is -0.492 e. The van der Waals surface area contributed by atoms with Crippen molar-refractivity contribution >= 4 is 15.8 Å². The Labute approximate surface area is 124 Å². The zero-order chi connectivity index (χ0) is 15.5. The summed E-state index contributed by atoms with van der Waals surface area (Å²) in [4.78, 5) is 12.7. The molecule has 1 aromatic rings. The standard InChI is InChI=1S/C14H19NO5S/c1-15(12-6-9-21(18,19)10-12)7-8-20-13-4-2-11(3-5-13)14(16)17/h2-5,12H,6-10H2,1H3,(H,16,17). The van der Waals surface area contributed by atoms with Gasteiger partial charge in [0.25, 0.3) is 0 Å². The molecule has 0 bridgehead atoms. The van der Waals surface area contributed by atoms with Crippen molar-refractivity contribution in [2.75, 3.05) is 31.7 Å². The number of likely N-dealkylation sites (N-methyl/N-ethyl adjacent to an activating group) is 1. The molecule has 0 aliphatic carbocycles. The molecule has 6 nitrogen and oxygen atoms in total. The molecule has 21 heavy (non-hydrogen) atoms. The van der Waals surface area contributed by atoms with Crippen LogP contribution in [0.4, 0.5) is 0 Å². The second-order valence-electron chi connectivity index (χ2n) is 5.22. The number of benzene rings is 1. The molecule has 1 heterocycles. The van der Waals surface area contributed by atoms with Gasteiger partial charge in [0.2, 0.25) is 0 Å². The maximum atomic E-state index is 11.4. The van der Waals surface area contributed by atoms with Gasteiger partial charge in [-0.05, 0) is 37.7 Å². The summed E-state index contributed by atoms with van der Waals surface area (Å²) in [7, 11) is -0.977. The Bertz CT molecular complexity index is 596. The van der Waals surface area contributed by atoms with Crippen molar-refractivity contribution in [1.29, 1.82) is 0 Å². The summed E-state index contributed by atoms with van der Waals surface area (Å²) in [6.45, 7) is 1.06. The number of aromatic carboxylic acids is 1. The molecule has 0 amide bonds. The van der Waals surface area contributed by atoms with Crippen molar-refractivity contribution < 1.29 is 23.1 Å². The third-order valence-corrected chi connectivity index (χ3v) is 5.40. The molecule has 0 aromatic heterocycles. The van der Waals surface area contributed by atoms with Crippen LogP contribution in [0.3, 0.4) is 0 Å². The fourth-order valence-electron chi connectivity index (χ4n) is 2.31. The predicted molar refractivity (Wildman–Crippen MR) is 78.6 cm³/mol. The van der Waals surface area contributed by atoms with Gasteiger partial charge in [-0.3, -0.25) is 4.90 Å². The highest BCUT2D eigenvalue weighted by Crippen LogP contribution is 2.17. The highest BCUT2D eigenvalue weighted by molar-refractivity contribution is 7.91. The summed E-state index contributed by atoms with van der Waals surface area (Å²) in [6, 6.07) is 6.27. The topological polar surface area (TPSA) is 83.9 Å². The fourth-order valence-corrected chi connectivity index (χ4v) is 4.11. The molecule has 0 radical (unpaired) electrons. The summed E-state index contributed by atoms with van der Waals surface area (Å²) in [5.74, 6) is 0.118. The van der Waals surface area contributed by atoms with Crippen molar-refractivity contribution in [2.24, 2.45) is 0 Å². The van der Waals surface area contributed by atoms with Gasteiger partial charge in [-0.1, -0.05) is 0 Å². The maximum Gasteiger partial charge on any atom is 0.335 e. The molecule has 0 saturated carbocycles. The summed E-state index contributed by atoms with van der Waals surface area (Å²) in [5, 5.41) is 8.79. The molecule has 1 saturated heterocycles. The quantitative estimate of drug-likeness (QED) is 0.839. The van der Waals surface area contributed by atoms with Crippen LogP contribution in [0, 0.1) is 0 Å². The second kappa shape index (κ2) is 6.44. The van der Waals surface area contributed by atoms with Gasteiger partial charge in [-0.2, -0.15) is 0 Å². The van der Waals surface area contributed by atoms with E-state index in [2.05, 4.69) is 0 Å². The number of hydrogen-bond donors (Lipinski definition) is 1. The van der Waals surface area contributed by atoms with Crippen molar-refractivity contribution in [2.45, 2.75) is 12.5 Å². The van der Waals surface area contributed by atoms with E-state index in [-0.39, 0.29) is 23.1 Å². The highest BCUT2D eigenvalue weighted by atomic mass is 32.2. The van der Waals surface area contributed by atoms with Crippen molar-refractivity contribution in [3.8, 4) is 5.75 Å². The number of carboxylic acid groups (broad SMARTS) is 1. The Balaban J connectivity index is 1.77. The third kappa shape index (κ3) is 4.44. The van der Waals surface area contributed by atoms with Crippen LogP contribution >= 0.6 is 0 Å².